The summed E-state index contributed by atoms with van der Waals surface area (Å²) in [5.41, 5.74) is 1.10. The Balaban J connectivity index is 2.76. The molecule has 0 radical (unpaired) electrons. The number of carbonyl (C=O) groups excluding carboxylic acids is 1. The molecule has 1 N–H and O–H groups in total. The van der Waals surface area contributed by atoms with Gasteiger partial charge in [0.1, 0.15) is 6.54 Å². The standard InChI is InChI=1S/C16H25ClN4O/c1-5-9-18-16(19-11-15(22)20(2)3)21(4)12-13-7-6-8-14(17)10-13/h6-8,10H,5,9,11-12H2,1-4H3,(H,18,19). The van der Waals surface area contributed by atoms with Gasteiger partial charge < -0.3 is 15.1 Å². The second kappa shape index (κ2) is 9.30. The van der Waals surface area contributed by atoms with Crippen molar-refractivity contribution in [2.75, 3.05) is 34.2 Å². The van der Waals surface area contributed by atoms with E-state index in [-0.39, 0.29) is 12.5 Å². The van der Waals surface area contributed by atoms with E-state index in [2.05, 4.69) is 17.2 Å². The van der Waals surface area contributed by atoms with E-state index in [1.807, 2.05) is 36.2 Å². The molecular formula is C16H25ClN4O. The molecule has 0 bridgehead atoms. The highest BCUT2D eigenvalue weighted by Gasteiger charge is 2.09. The summed E-state index contributed by atoms with van der Waals surface area (Å²) in [5.74, 6) is 0.698. The van der Waals surface area contributed by atoms with E-state index in [1.165, 1.54) is 4.90 Å². The summed E-state index contributed by atoms with van der Waals surface area (Å²) in [4.78, 5) is 19.6. The Morgan fingerprint density at radius 2 is 2.05 bits per heavy atom. The van der Waals surface area contributed by atoms with Crippen LogP contribution in [0.4, 0.5) is 0 Å². The summed E-state index contributed by atoms with van der Waals surface area (Å²) in [6.07, 6.45) is 0.992. The zero-order valence-electron chi connectivity index (χ0n) is 13.8. The van der Waals surface area contributed by atoms with Crippen molar-refractivity contribution in [1.82, 2.24) is 15.1 Å². The van der Waals surface area contributed by atoms with Crippen molar-refractivity contribution in [2.45, 2.75) is 19.9 Å². The monoisotopic (exact) mass is 324 g/mol. The fourth-order valence-corrected chi connectivity index (χ4v) is 2.03. The first-order chi connectivity index (χ1) is 10.4. The second-order valence-corrected chi connectivity index (χ2v) is 5.78. The lowest BCUT2D eigenvalue weighted by Crippen LogP contribution is -2.39. The fourth-order valence-electron chi connectivity index (χ4n) is 1.82. The lowest BCUT2D eigenvalue weighted by atomic mass is 10.2. The van der Waals surface area contributed by atoms with Gasteiger partial charge in [-0.2, -0.15) is 0 Å². The van der Waals surface area contributed by atoms with Crippen molar-refractivity contribution in [3.8, 4) is 0 Å². The Labute approximate surface area is 138 Å². The molecule has 1 aromatic rings. The molecule has 0 saturated carbocycles. The number of likely N-dealkylation sites (N-methyl/N-ethyl adjacent to an activating group) is 1. The van der Waals surface area contributed by atoms with Crippen molar-refractivity contribution in [3.05, 3.63) is 34.9 Å². The normalized spacial score (nSPS) is 11.2. The quantitative estimate of drug-likeness (QED) is 0.645. The zero-order valence-corrected chi connectivity index (χ0v) is 14.5. The molecule has 0 saturated heterocycles. The largest absolute Gasteiger partial charge is 0.356 e. The first-order valence-electron chi connectivity index (χ1n) is 7.38. The van der Waals surface area contributed by atoms with E-state index in [0.29, 0.717) is 11.6 Å². The van der Waals surface area contributed by atoms with Crippen LogP contribution in [0.25, 0.3) is 0 Å². The SMILES string of the molecule is CCCNC(=NCC(=O)N(C)C)N(C)Cc1cccc(Cl)c1. The van der Waals surface area contributed by atoms with E-state index in [9.17, 15) is 4.79 Å². The Kier molecular flexibility index (Phi) is 7.74. The molecule has 5 nitrogen and oxygen atoms in total. The number of halogens is 1. The molecule has 0 heterocycles. The Morgan fingerprint density at radius 1 is 1.32 bits per heavy atom. The van der Waals surface area contributed by atoms with E-state index in [1.54, 1.807) is 14.1 Å². The number of rotatable bonds is 6. The second-order valence-electron chi connectivity index (χ2n) is 5.34. The van der Waals surface area contributed by atoms with Crippen molar-refractivity contribution in [3.63, 3.8) is 0 Å². The molecule has 0 atom stereocenters. The van der Waals surface area contributed by atoms with Crippen molar-refractivity contribution in [1.29, 1.82) is 0 Å². The van der Waals surface area contributed by atoms with Gasteiger partial charge in [0.2, 0.25) is 5.91 Å². The molecule has 0 aliphatic carbocycles. The van der Waals surface area contributed by atoms with E-state index in [4.69, 9.17) is 11.6 Å². The molecule has 122 valence electrons. The average molecular weight is 325 g/mol. The van der Waals surface area contributed by atoms with Crippen LogP contribution in [0.1, 0.15) is 18.9 Å². The third-order valence-electron chi connectivity index (χ3n) is 3.07. The van der Waals surface area contributed by atoms with Gasteiger partial charge in [-0.1, -0.05) is 30.7 Å². The van der Waals surface area contributed by atoms with Gasteiger partial charge in [-0.15, -0.1) is 0 Å². The molecule has 0 aliphatic rings. The van der Waals surface area contributed by atoms with Crippen LogP contribution < -0.4 is 5.32 Å². The van der Waals surface area contributed by atoms with Crippen LogP contribution in [-0.2, 0) is 11.3 Å². The summed E-state index contributed by atoms with van der Waals surface area (Å²) in [6, 6.07) is 7.73. The zero-order chi connectivity index (χ0) is 16.5. The third kappa shape index (κ3) is 6.35. The number of carbonyl (C=O) groups is 1. The Hall–Kier alpha value is -1.75. The first kappa shape index (κ1) is 18.3. The molecule has 0 aromatic heterocycles. The van der Waals surface area contributed by atoms with E-state index in [0.717, 1.165) is 24.5 Å². The molecule has 0 unspecified atom stereocenters. The number of benzene rings is 1. The van der Waals surface area contributed by atoms with E-state index >= 15 is 0 Å². The lowest BCUT2D eigenvalue weighted by molar-refractivity contribution is -0.127. The number of amides is 1. The minimum Gasteiger partial charge on any atom is -0.356 e. The smallest absolute Gasteiger partial charge is 0.243 e. The van der Waals surface area contributed by atoms with Crippen LogP contribution in [0.15, 0.2) is 29.3 Å². The average Bonchev–Trinajstić information content (AvgIpc) is 2.46. The number of hydrogen-bond donors (Lipinski definition) is 1. The Bertz CT molecular complexity index is 517. The van der Waals surface area contributed by atoms with Gasteiger partial charge in [0.15, 0.2) is 5.96 Å². The van der Waals surface area contributed by atoms with Gasteiger partial charge >= 0.3 is 0 Å². The fraction of sp³-hybridized carbons (Fsp3) is 0.500. The maximum absolute atomic E-state index is 11.7. The first-order valence-corrected chi connectivity index (χ1v) is 7.76. The van der Waals surface area contributed by atoms with Crippen LogP contribution in [0.2, 0.25) is 5.02 Å². The minimum atomic E-state index is -0.0213. The molecule has 0 spiro atoms. The molecule has 0 fully saturated rings. The number of nitrogens with zero attached hydrogens (tertiary/aromatic N) is 3. The van der Waals surface area contributed by atoms with Crippen LogP contribution in [0, 0.1) is 0 Å². The molecule has 6 heteroatoms. The van der Waals surface area contributed by atoms with E-state index < -0.39 is 0 Å². The Morgan fingerprint density at radius 3 is 2.64 bits per heavy atom. The number of hydrogen-bond acceptors (Lipinski definition) is 2. The summed E-state index contributed by atoms with van der Waals surface area (Å²) < 4.78 is 0. The van der Waals surface area contributed by atoms with Gasteiger partial charge in [0, 0.05) is 39.3 Å². The van der Waals surface area contributed by atoms with Crippen molar-refractivity contribution >= 4 is 23.5 Å². The van der Waals surface area contributed by atoms with Crippen LogP contribution in [0.5, 0.6) is 0 Å². The van der Waals surface area contributed by atoms with Gasteiger partial charge in [0.25, 0.3) is 0 Å². The van der Waals surface area contributed by atoms with Crippen molar-refractivity contribution < 1.29 is 4.79 Å². The third-order valence-corrected chi connectivity index (χ3v) is 3.30. The van der Waals surface area contributed by atoms with Crippen LogP contribution in [-0.4, -0.2) is 55.9 Å². The molecule has 22 heavy (non-hydrogen) atoms. The summed E-state index contributed by atoms with van der Waals surface area (Å²) in [7, 11) is 5.40. The number of guanidine groups is 1. The van der Waals surface area contributed by atoms with Gasteiger partial charge in [-0.3, -0.25) is 4.79 Å². The lowest BCUT2D eigenvalue weighted by Gasteiger charge is -2.23. The van der Waals surface area contributed by atoms with Crippen LogP contribution in [0.3, 0.4) is 0 Å². The highest BCUT2D eigenvalue weighted by Crippen LogP contribution is 2.12. The molecule has 1 aromatic carbocycles. The predicted molar refractivity (Wildman–Crippen MR) is 92.2 cm³/mol. The molecule has 0 aliphatic heterocycles. The highest BCUT2D eigenvalue weighted by molar-refractivity contribution is 6.30. The van der Waals surface area contributed by atoms with Crippen molar-refractivity contribution in [2.24, 2.45) is 4.99 Å². The molecule has 1 rings (SSSR count). The molecular weight excluding hydrogens is 300 g/mol. The number of nitrogens with one attached hydrogen (secondary N) is 1. The minimum absolute atomic E-state index is 0.0213. The maximum atomic E-state index is 11.7. The van der Waals surface area contributed by atoms with Gasteiger partial charge in [0.05, 0.1) is 0 Å². The summed E-state index contributed by atoms with van der Waals surface area (Å²) in [5, 5.41) is 3.99. The highest BCUT2D eigenvalue weighted by atomic mass is 35.5. The molecule has 1 amide bonds. The van der Waals surface area contributed by atoms with Crippen LogP contribution >= 0.6 is 11.6 Å². The predicted octanol–water partition coefficient (Wildman–Crippen LogP) is 2.22. The summed E-state index contributed by atoms with van der Waals surface area (Å²) >= 11 is 6.01. The summed E-state index contributed by atoms with van der Waals surface area (Å²) in [6.45, 7) is 3.71. The van der Waals surface area contributed by atoms with Gasteiger partial charge in [-0.25, -0.2) is 4.99 Å². The van der Waals surface area contributed by atoms with Gasteiger partial charge in [-0.05, 0) is 24.1 Å². The topological polar surface area (TPSA) is 47.9 Å². The maximum Gasteiger partial charge on any atom is 0.243 e. The number of aliphatic imine (C=N–C) groups is 1.